The summed E-state index contributed by atoms with van der Waals surface area (Å²) in [4.78, 5) is 24.9. The molecule has 0 amide bonds. The highest BCUT2D eigenvalue weighted by molar-refractivity contribution is 5.70. The Kier molecular flexibility index (Phi) is 33.6. The van der Waals surface area contributed by atoms with Crippen molar-refractivity contribution in [3.63, 3.8) is 0 Å². The molecule has 1 unspecified atom stereocenters. The number of unbranched alkanes of at least 4 members (excludes halogenated alkanes) is 25. The number of rotatable bonds is 34. The second kappa shape index (κ2) is 34.4. The quantitative estimate of drug-likeness (QED) is 0.0549. The summed E-state index contributed by atoms with van der Waals surface area (Å²) in [5.41, 5.74) is 0. The molecule has 0 aromatic rings. The van der Waals surface area contributed by atoms with Crippen LogP contribution in [0.25, 0.3) is 0 Å². The molecule has 42 heavy (non-hydrogen) atoms. The Morgan fingerprint density at radius 1 is 0.405 bits per heavy atom. The first-order valence-electron chi connectivity index (χ1n) is 19.0. The monoisotopic (exact) mass is 595 g/mol. The van der Waals surface area contributed by atoms with E-state index >= 15 is 0 Å². The van der Waals surface area contributed by atoms with Crippen molar-refractivity contribution < 1.29 is 19.1 Å². The van der Waals surface area contributed by atoms with Crippen LogP contribution >= 0.6 is 0 Å². The van der Waals surface area contributed by atoms with Crippen molar-refractivity contribution in [3.8, 4) is 0 Å². The second-order valence-electron chi connectivity index (χ2n) is 12.9. The lowest BCUT2D eigenvalue weighted by Gasteiger charge is -2.18. The molecule has 0 rings (SSSR count). The maximum Gasteiger partial charge on any atom is 0.306 e. The van der Waals surface area contributed by atoms with Crippen LogP contribution in [0.3, 0.4) is 0 Å². The lowest BCUT2D eigenvalue weighted by atomic mass is 10.1. The Labute approximate surface area is 263 Å². The normalized spacial score (nSPS) is 12.0. The van der Waals surface area contributed by atoms with Gasteiger partial charge in [-0.1, -0.05) is 181 Å². The minimum absolute atomic E-state index is 0.122. The summed E-state index contributed by atoms with van der Waals surface area (Å²) in [6.07, 6.45) is 36.6. The van der Waals surface area contributed by atoms with Gasteiger partial charge in [0.25, 0.3) is 0 Å². The first-order chi connectivity index (χ1) is 20.6. The van der Waals surface area contributed by atoms with Crippen LogP contribution in [-0.2, 0) is 19.1 Å². The summed E-state index contributed by atoms with van der Waals surface area (Å²) in [6.45, 7) is 6.98. The second-order valence-corrected chi connectivity index (χ2v) is 12.9. The van der Waals surface area contributed by atoms with E-state index in [0.717, 1.165) is 44.9 Å². The van der Waals surface area contributed by atoms with E-state index in [1.54, 1.807) is 0 Å². The Bertz CT molecular complexity index is 561. The summed E-state index contributed by atoms with van der Waals surface area (Å²) < 4.78 is 11.4. The molecule has 0 radical (unpaired) electrons. The molecule has 1 atom stereocenters. The fourth-order valence-corrected chi connectivity index (χ4v) is 5.70. The zero-order chi connectivity index (χ0) is 30.8. The van der Waals surface area contributed by atoms with Gasteiger partial charge in [0, 0.05) is 12.8 Å². The van der Waals surface area contributed by atoms with Crippen LogP contribution in [0, 0.1) is 0 Å². The Hall–Kier alpha value is -1.06. The fourth-order valence-electron chi connectivity index (χ4n) is 5.70. The van der Waals surface area contributed by atoms with Gasteiger partial charge >= 0.3 is 11.9 Å². The molecule has 0 heterocycles. The first kappa shape index (κ1) is 40.9. The third kappa shape index (κ3) is 31.9. The first-order valence-corrected chi connectivity index (χ1v) is 19.0. The van der Waals surface area contributed by atoms with Crippen molar-refractivity contribution in [2.45, 2.75) is 226 Å². The van der Waals surface area contributed by atoms with E-state index in [9.17, 15) is 9.59 Å². The van der Waals surface area contributed by atoms with Crippen LogP contribution in [0.5, 0.6) is 0 Å². The molecule has 0 spiro atoms. The molecular weight excluding hydrogens is 520 g/mol. The van der Waals surface area contributed by atoms with Crippen molar-refractivity contribution in [1.29, 1.82) is 0 Å². The Morgan fingerprint density at radius 2 is 0.714 bits per heavy atom. The van der Waals surface area contributed by atoms with E-state index in [1.807, 2.05) is 0 Å². The van der Waals surface area contributed by atoms with Gasteiger partial charge in [-0.25, -0.2) is 0 Å². The number of esters is 2. The van der Waals surface area contributed by atoms with Gasteiger partial charge in [0.1, 0.15) is 12.7 Å². The maximum absolute atomic E-state index is 12.6. The minimum atomic E-state index is -0.294. The summed E-state index contributed by atoms with van der Waals surface area (Å²) >= 11 is 0. The van der Waals surface area contributed by atoms with Gasteiger partial charge in [-0.05, 0) is 25.7 Å². The van der Waals surface area contributed by atoms with E-state index in [4.69, 9.17) is 9.47 Å². The molecule has 0 aromatic heterocycles. The third-order valence-corrected chi connectivity index (χ3v) is 8.58. The van der Waals surface area contributed by atoms with Crippen molar-refractivity contribution in [2.75, 3.05) is 6.61 Å². The number of ether oxygens (including phenoxy) is 2. The average Bonchev–Trinajstić information content (AvgIpc) is 2.99. The highest BCUT2D eigenvalue weighted by atomic mass is 16.6. The minimum Gasteiger partial charge on any atom is -0.462 e. The Morgan fingerprint density at radius 3 is 1.10 bits per heavy atom. The van der Waals surface area contributed by atoms with Crippen LogP contribution in [0.4, 0.5) is 0 Å². The van der Waals surface area contributed by atoms with Crippen LogP contribution in [0.1, 0.15) is 220 Å². The molecule has 0 saturated heterocycles. The fraction of sp³-hybridized carbons (Fsp3) is 0.947. The third-order valence-electron chi connectivity index (χ3n) is 8.58. The van der Waals surface area contributed by atoms with E-state index in [0.29, 0.717) is 12.8 Å². The van der Waals surface area contributed by atoms with Crippen molar-refractivity contribution in [3.05, 3.63) is 0 Å². The number of hydrogen-bond acceptors (Lipinski definition) is 4. The van der Waals surface area contributed by atoms with Gasteiger partial charge in [0.05, 0.1) is 0 Å². The van der Waals surface area contributed by atoms with E-state index in [-0.39, 0.29) is 24.6 Å². The zero-order valence-electron chi connectivity index (χ0n) is 28.8. The molecule has 0 aromatic carbocycles. The standard InChI is InChI=1S/C38H74O4/c1-4-7-10-13-16-18-20-22-24-27-30-33-37(39)41-35-36(32-29-26-15-12-9-6-3)42-38(40)34-31-28-25-23-21-19-17-14-11-8-5-2/h36H,4-35H2,1-3H3. The molecule has 0 saturated carbocycles. The van der Waals surface area contributed by atoms with Crippen LogP contribution < -0.4 is 0 Å². The molecule has 4 heteroatoms. The average molecular weight is 595 g/mol. The van der Waals surface area contributed by atoms with Gasteiger partial charge in [0.2, 0.25) is 0 Å². The van der Waals surface area contributed by atoms with Crippen LogP contribution in [0.15, 0.2) is 0 Å². The van der Waals surface area contributed by atoms with Crippen molar-refractivity contribution in [2.24, 2.45) is 0 Å². The maximum atomic E-state index is 12.6. The van der Waals surface area contributed by atoms with Crippen LogP contribution in [-0.4, -0.2) is 24.6 Å². The molecule has 4 nitrogen and oxygen atoms in total. The predicted octanol–water partition coefficient (Wildman–Crippen LogP) is 12.6. The van der Waals surface area contributed by atoms with E-state index < -0.39 is 0 Å². The van der Waals surface area contributed by atoms with Crippen LogP contribution in [0.2, 0.25) is 0 Å². The van der Waals surface area contributed by atoms with E-state index in [1.165, 1.54) is 141 Å². The van der Waals surface area contributed by atoms with Gasteiger partial charge in [-0.2, -0.15) is 0 Å². The molecule has 0 N–H and O–H groups in total. The van der Waals surface area contributed by atoms with Crippen molar-refractivity contribution >= 4 is 11.9 Å². The lowest BCUT2D eigenvalue weighted by molar-refractivity contribution is -0.159. The summed E-state index contributed by atoms with van der Waals surface area (Å²) in [5.74, 6) is -0.261. The van der Waals surface area contributed by atoms with Gasteiger partial charge < -0.3 is 9.47 Å². The molecule has 250 valence electrons. The highest BCUT2D eigenvalue weighted by Crippen LogP contribution is 2.16. The molecule has 0 aliphatic heterocycles. The molecular formula is C38H74O4. The topological polar surface area (TPSA) is 52.6 Å². The predicted molar refractivity (Wildman–Crippen MR) is 181 cm³/mol. The largest absolute Gasteiger partial charge is 0.462 e. The Balaban J connectivity index is 4.06. The smallest absolute Gasteiger partial charge is 0.306 e. The highest BCUT2D eigenvalue weighted by Gasteiger charge is 2.17. The number of carbonyl (C=O) groups is 2. The van der Waals surface area contributed by atoms with Gasteiger partial charge in [-0.3, -0.25) is 9.59 Å². The number of hydrogen-bond donors (Lipinski definition) is 0. The molecule has 0 bridgehead atoms. The van der Waals surface area contributed by atoms with Crippen molar-refractivity contribution in [1.82, 2.24) is 0 Å². The zero-order valence-corrected chi connectivity index (χ0v) is 28.8. The molecule has 0 aliphatic rings. The summed E-state index contributed by atoms with van der Waals surface area (Å²) in [5, 5.41) is 0. The van der Waals surface area contributed by atoms with E-state index in [2.05, 4.69) is 20.8 Å². The van der Waals surface area contributed by atoms with Gasteiger partial charge in [0.15, 0.2) is 0 Å². The SMILES string of the molecule is CCCCCCCCCCCCCC(=O)OCC(CCCCCCCC)OC(=O)CCCCCCCCCCCCC. The summed E-state index contributed by atoms with van der Waals surface area (Å²) in [6, 6.07) is 0. The molecule has 0 fully saturated rings. The van der Waals surface area contributed by atoms with Gasteiger partial charge in [-0.15, -0.1) is 0 Å². The summed E-state index contributed by atoms with van der Waals surface area (Å²) in [7, 11) is 0. The molecule has 0 aliphatic carbocycles. The lowest BCUT2D eigenvalue weighted by Crippen LogP contribution is -2.25. The number of carbonyl (C=O) groups excluding carboxylic acids is 2.